The lowest BCUT2D eigenvalue weighted by Crippen LogP contribution is -2.78. The highest BCUT2D eigenvalue weighted by Crippen LogP contribution is 2.66. The maximum absolute atomic E-state index is 15.1. The molecule has 1 aliphatic heterocycles. The number of carbonyl (C=O) groups is 1. The van der Waals surface area contributed by atoms with Gasteiger partial charge in [-0.1, -0.05) is 0 Å². The van der Waals surface area contributed by atoms with E-state index in [9.17, 15) is 64.8 Å². The second-order valence-electron chi connectivity index (χ2n) is 12.0. The van der Waals surface area contributed by atoms with Gasteiger partial charge < -0.3 is 10.4 Å². The van der Waals surface area contributed by atoms with Crippen molar-refractivity contribution in [1.82, 2.24) is 5.32 Å². The predicted octanol–water partition coefficient (Wildman–Crippen LogP) is 3.27. The summed E-state index contributed by atoms with van der Waals surface area (Å²) < 4.78 is 271. The quantitative estimate of drug-likeness (QED) is 0.271. The van der Waals surface area contributed by atoms with E-state index in [0.717, 1.165) is 0 Å². The Morgan fingerprint density at radius 2 is 1.19 bits per heavy atom. The zero-order chi connectivity index (χ0) is 36.9. The van der Waals surface area contributed by atoms with Gasteiger partial charge in [-0.15, -0.1) is 0 Å². The van der Waals surface area contributed by atoms with Crippen LogP contribution >= 0.6 is 0 Å². The molecular weight excluding hydrogens is 774 g/mol. The number of alkyl halides is 12. The van der Waals surface area contributed by atoms with Crippen LogP contribution in [0.15, 0.2) is 0 Å². The van der Waals surface area contributed by atoms with Crippen molar-refractivity contribution in [3.05, 3.63) is 0 Å². The monoisotopic (exact) mass is 793 g/mol. The third-order valence-electron chi connectivity index (χ3n) is 8.92. The first-order valence-corrected chi connectivity index (χ1v) is 18.3. The topological polar surface area (TPSA) is 195 Å². The van der Waals surface area contributed by atoms with Crippen LogP contribution in [0.5, 0.6) is 0 Å². The molecule has 1 amide bonds. The molecule has 0 radical (unpaired) electrons. The number of hydrogen-bond acceptors (Lipinski definition) is 10. The van der Waals surface area contributed by atoms with E-state index in [4.69, 9.17) is 5.11 Å². The molecule has 2 atom stereocenters. The molecule has 4 saturated carbocycles. The Morgan fingerprint density at radius 3 is 1.57 bits per heavy atom. The van der Waals surface area contributed by atoms with Gasteiger partial charge in [0.15, 0.2) is 0 Å². The molecule has 2 unspecified atom stereocenters. The summed E-state index contributed by atoms with van der Waals surface area (Å²) in [6.45, 7) is -1.61. The lowest BCUT2D eigenvalue weighted by molar-refractivity contribution is -0.250. The summed E-state index contributed by atoms with van der Waals surface area (Å²) in [5.74, 6) is -17.3. The van der Waals surface area contributed by atoms with Crippen LogP contribution in [0.2, 0.25) is 0 Å². The zero-order valence-electron chi connectivity index (χ0n) is 22.6. The molecule has 4 bridgehead atoms. The third kappa shape index (κ3) is 4.12. The summed E-state index contributed by atoms with van der Waals surface area (Å²) >= 11 is 0. The maximum atomic E-state index is 15.1. The largest absolute Gasteiger partial charge is 0.465 e. The van der Waals surface area contributed by atoms with Crippen LogP contribution in [0.25, 0.3) is 0 Å². The number of rotatable bonds is 8. The molecule has 12 nitrogen and oxygen atoms in total. The fourth-order valence-corrected chi connectivity index (χ4v) is 16.5. The molecule has 2 N–H and O–H groups in total. The molecule has 47 heavy (non-hydrogen) atoms. The number of sulfone groups is 3. The summed E-state index contributed by atoms with van der Waals surface area (Å²) in [5.41, 5.74) is -4.16. The fraction of sp³-hybridized carbons (Fsp3) is 0.947. The van der Waals surface area contributed by atoms with E-state index in [2.05, 4.69) is 4.18 Å². The van der Waals surface area contributed by atoms with Crippen molar-refractivity contribution in [2.24, 2.45) is 11.8 Å². The number of halogens is 12. The van der Waals surface area contributed by atoms with E-state index < -0.39 is 131 Å². The van der Waals surface area contributed by atoms with E-state index >= 15 is 26.3 Å². The van der Waals surface area contributed by atoms with Crippen LogP contribution in [-0.2, 0) is 43.8 Å². The fourth-order valence-electron chi connectivity index (χ4n) is 7.07. The average molecular weight is 794 g/mol. The standard InChI is InChI=1S/C19H19F12NO11S4/c1-11(44(35,36)16(24,25)14(20,21)17(26,27)45(11,37)38)46(39,40)18(28,29)15(22,23)19(30,31)47(41,42)43-13-5-8-2-9(6-13)4-12(3-8,7-13)32-10(33)34/h8-9,32H,2-7H2,1H3,(H,33,34). The van der Waals surface area contributed by atoms with Crippen molar-refractivity contribution in [3.63, 3.8) is 0 Å². The Kier molecular flexibility index (Phi) is 7.67. The highest BCUT2D eigenvalue weighted by Gasteiger charge is 2.97. The predicted molar refractivity (Wildman–Crippen MR) is 126 cm³/mol. The smallest absolute Gasteiger partial charge is 0.439 e. The molecule has 0 aromatic rings. The van der Waals surface area contributed by atoms with Crippen LogP contribution in [0.4, 0.5) is 57.5 Å². The van der Waals surface area contributed by atoms with Crippen LogP contribution < -0.4 is 5.32 Å². The Balaban J connectivity index is 1.84. The van der Waals surface area contributed by atoms with Gasteiger partial charge in [0.05, 0.1) is 5.60 Å². The van der Waals surface area contributed by atoms with Crippen molar-refractivity contribution < 1.29 is 100 Å². The first-order valence-electron chi connectivity index (χ1n) is 12.4. The SMILES string of the molecule is CC1(S(=O)(=O)C(F)(F)C(F)(F)C(F)(F)S(=O)(=O)OC23CC4CC(CC(NC(=O)O)(C4)C2)C3)S(=O)(=O)C(F)(F)C(F)(F)C(F)(F)S1(=O)=O. The highest BCUT2D eigenvalue weighted by molar-refractivity contribution is 8.27. The van der Waals surface area contributed by atoms with E-state index in [1.807, 2.05) is 5.32 Å². The molecule has 0 aromatic carbocycles. The van der Waals surface area contributed by atoms with Gasteiger partial charge in [0, 0.05) is 12.0 Å². The molecule has 0 aromatic heterocycles. The van der Waals surface area contributed by atoms with Crippen LogP contribution in [0, 0.1) is 11.8 Å². The second kappa shape index (κ2) is 9.49. The van der Waals surface area contributed by atoms with Crippen molar-refractivity contribution in [1.29, 1.82) is 0 Å². The first-order chi connectivity index (χ1) is 20.4. The molecule has 5 aliphatic rings. The summed E-state index contributed by atoms with van der Waals surface area (Å²) in [6, 6.07) is 0. The first kappa shape index (κ1) is 38.0. The van der Waals surface area contributed by atoms with Gasteiger partial charge in [0.2, 0.25) is 0 Å². The van der Waals surface area contributed by atoms with Gasteiger partial charge in [-0.05, 0) is 50.9 Å². The molecule has 1 saturated heterocycles. The number of amides is 1. The Labute approximate surface area is 256 Å². The van der Waals surface area contributed by atoms with Gasteiger partial charge in [-0.3, -0.25) is 4.18 Å². The summed E-state index contributed by atoms with van der Waals surface area (Å²) in [6.07, 6.45) is -3.69. The maximum Gasteiger partial charge on any atom is 0.439 e. The summed E-state index contributed by atoms with van der Waals surface area (Å²) in [4.78, 5) is 11.3. The molecule has 1 heterocycles. The molecule has 0 spiro atoms. The number of carboxylic acid groups (broad SMARTS) is 1. The van der Waals surface area contributed by atoms with Gasteiger partial charge in [0.1, 0.15) is 0 Å². The van der Waals surface area contributed by atoms with E-state index in [0.29, 0.717) is 0 Å². The lowest BCUT2D eigenvalue weighted by atomic mass is 9.51. The minimum absolute atomic E-state index is 0.0559. The van der Waals surface area contributed by atoms with Gasteiger partial charge >= 0.3 is 49.1 Å². The van der Waals surface area contributed by atoms with Crippen LogP contribution in [0.3, 0.4) is 0 Å². The normalized spacial score (nSPS) is 35.3. The Hall–Kier alpha value is -1.81. The molecule has 274 valence electrons. The molecule has 28 heteroatoms. The van der Waals surface area contributed by atoms with Crippen molar-refractivity contribution >= 4 is 45.7 Å². The Morgan fingerprint density at radius 1 is 0.787 bits per heavy atom. The van der Waals surface area contributed by atoms with Gasteiger partial charge in [0.25, 0.3) is 32.9 Å². The molecule has 5 fully saturated rings. The molecule has 5 rings (SSSR count). The van der Waals surface area contributed by atoms with E-state index in [1.54, 1.807) is 0 Å². The second-order valence-corrected chi connectivity index (χ2v) is 21.4. The number of nitrogens with one attached hydrogen (secondary N) is 1. The van der Waals surface area contributed by atoms with E-state index in [1.165, 1.54) is 0 Å². The average Bonchev–Trinajstić information content (AvgIpc) is 2.83. The minimum Gasteiger partial charge on any atom is -0.465 e. The van der Waals surface area contributed by atoms with Crippen molar-refractivity contribution in [3.8, 4) is 0 Å². The van der Waals surface area contributed by atoms with Crippen molar-refractivity contribution in [2.45, 2.75) is 92.9 Å². The lowest BCUT2D eigenvalue weighted by Gasteiger charge is -2.60. The van der Waals surface area contributed by atoms with Gasteiger partial charge in [-0.2, -0.15) is 61.1 Å². The zero-order valence-corrected chi connectivity index (χ0v) is 25.9. The molecular formula is C19H19F12NO11S4. The van der Waals surface area contributed by atoms with Crippen LogP contribution in [-0.4, -0.2) is 92.3 Å². The minimum atomic E-state index is -9.17. The van der Waals surface area contributed by atoms with Gasteiger partial charge in [-0.25, -0.2) is 30.0 Å². The van der Waals surface area contributed by atoms with E-state index in [-0.39, 0.29) is 19.3 Å². The van der Waals surface area contributed by atoms with Crippen LogP contribution in [0.1, 0.15) is 45.4 Å². The number of hydrogen-bond donors (Lipinski definition) is 2. The molecule has 4 aliphatic carbocycles. The van der Waals surface area contributed by atoms with Crippen molar-refractivity contribution in [2.75, 3.05) is 0 Å². The Bertz CT molecular complexity index is 1780. The summed E-state index contributed by atoms with van der Waals surface area (Å²) in [7, 11) is -34.2. The third-order valence-corrected chi connectivity index (χ3v) is 20.0. The summed E-state index contributed by atoms with van der Waals surface area (Å²) in [5, 5.41) is -20.1. The highest BCUT2D eigenvalue weighted by atomic mass is 32.3.